The molecular weight excluding hydrogens is 364 g/mol. The Morgan fingerprint density at radius 1 is 1.21 bits per heavy atom. The Morgan fingerprint density at radius 2 is 1.96 bits per heavy atom. The van der Waals surface area contributed by atoms with Crippen LogP contribution in [0.4, 0.5) is 0 Å². The van der Waals surface area contributed by atoms with Gasteiger partial charge < -0.3 is 29.5 Å². The smallest absolute Gasteiger partial charge is 0.235 e. The molecule has 2 aliphatic heterocycles. The van der Waals surface area contributed by atoms with Crippen LogP contribution in [0, 0.1) is 0 Å². The van der Waals surface area contributed by atoms with Gasteiger partial charge in [-0.25, -0.2) is 0 Å². The van der Waals surface area contributed by atoms with Crippen molar-refractivity contribution >= 4 is 11.9 Å². The summed E-state index contributed by atoms with van der Waals surface area (Å²) in [6, 6.07) is 5.85. The highest BCUT2D eigenvalue weighted by Gasteiger charge is 2.42. The largest absolute Gasteiger partial charge is 0.504 e. The Morgan fingerprint density at radius 3 is 2.61 bits per heavy atom. The van der Waals surface area contributed by atoms with Crippen LogP contribution in [0.1, 0.15) is 35.3 Å². The van der Waals surface area contributed by atoms with Gasteiger partial charge in [0.25, 0.3) is 0 Å². The van der Waals surface area contributed by atoms with Crippen LogP contribution >= 0.6 is 0 Å². The van der Waals surface area contributed by atoms with Crippen molar-refractivity contribution in [3.05, 3.63) is 46.7 Å². The topological polar surface area (TPSA) is 105 Å². The first-order chi connectivity index (χ1) is 13.2. The molecule has 4 rings (SSSR count). The molecular formula is C21H20O7. The van der Waals surface area contributed by atoms with Crippen molar-refractivity contribution in [2.24, 2.45) is 0 Å². The van der Waals surface area contributed by atoms with Crippen LogP contribution in [-0.4, -0.2) is 39.9 Å². The van der Waals surface area contributed by atoms with E-state index in [9.17, 15) is 20.1 Å². The third-order valence-electron chi connectivity index (χ3n) is 4.93. The first-order valence-corrected chi connectivity index (χ1v) is 8.78. The number of hydrogen-bond donors (Lipinski definition) is 3. The Labute approximate surface area is 161 Å². The van der Waals surface area contributed by atoms with Crippen molar-refractivity contribution in [2.75, 3.05) is 7.11 Å². The minimum Gasteiger partial charge on any atom is -0.504 e. The molecule has 1 unspecified atom stereocenters. The highest BCUT2D eigenvalue weighted by atomic mass is 16.5. The van der Waals surface area contributed by atoms with Crippen LogP contribution in [0.2, 0.25) is 0 Å². The van der Waals surface area contributed by atoms with Gasteiger partial charge in [-0.05, 0) is 37.6 Å². The van der Waals surface area contributed by atoms with E-state index in [1.165, 1.54) is 25.3 Å². The molecule has 146 valence electrons. The number of ketones is 1. The lowest BCUT2D eigenvalue weighted by Crippen LogP contribution is -2.39. The van der Waals surface area contributed by atoms with Gasteiger partial charge in [-0.1, -0.05) is 6.07 Å². The minimum absolute atomic E-state index is 0.0681. The van der Waals surface area contributed by atoms with Gasteiger partial charge in [0.2, 0.25) is 5.78 Å². The molecule has 0 bridgehead atoms. The summed E-state index contributed by atoms with van der Waals surface area (Å²) < 4.78 is 17.1. The van der Waals surface area contributed by atoms with Crippen molar-refractivity contribution in [2.45, 2.75) is 32.0 Å². The molecule has 2 heterocycles. The molecule has 7 heteroatoms. The molecule has 0 spiro atoms. The summed E-state index contributed by atoms with van der Waals surface area (Å²) in [6.07, 6.45) is 1.40. The lowest BCUT2D eigenvalue weighted by atomic mass is 9.95. The van der Waals surface area contributed by atoms with Gasteiger partial charge >= 0.3 is 0 Å². The summed E-state index contributed by atoms with van der Waals surface area (Å²) in [7, 11) is 1.46. The van der Waals surface area contributed by atoms with Crippen molar-refractivity contribution in [1.29, 1.82) is 0 Å². The number of allylic oxidation sites excluding steroid dienone is 1. The highest BCUT2D eigenvalue weighted by molar-refractivity contribution is 6.16. The van der Waals surface area contributed by atoms with Crippen molar-refractivity contribution in [3.8, 4) is 28.7 Å². The second-order valence-electron chi connectivity index (χ2n) is 7.41. The predicted molar refractivity (Wildman–Crippen MR) is 100 cm³/mol. The maximum Gasteiger partial charge on any atom is 0.235 e. The number of methoxy groups -OCH3 is 1. The highest BCUT2D eigenvalue weighted by Crippen LogP contribution is 2.49. The fraction of sp³-hybridized carbons (Fsp3) is 0.286. The van der Waals surface area contributed by atoms with E-state index in [1.807, 2.05) is 0 Å². The summed E-state index contributed by atoms with van der Waals surface area (Å²) in [4.78, 5) is 12.9. The zero-order chi connectivity index (χ0) is 20.2. The van der Waals surface area contributed by atoms with Crippen LogP contribution in [0.3, 0.4) is 0 Å². The molecule has 0 saturated heterocycles. The first kappa shape index (κ1) is 18.2. The van der Waals surface area contributed by atoms with E-state index in [4.69, 9.17) is 14.2 Å². The number of carbonyl (C=O) groups is 1. The van der Waals surface area contributed by atoms with Crippen LogP contribution in [0.5, 0.6) is 28.7 Å². The first-order valence-electron chi connectivity index (χ1n) is 8.78. The van der Waals surface area contributed by atoms with Crippen LogP contribution in [0.25, 0.3) is 6.08 Å². The van der Waals surface area contributed by atoms with Gasteiger partial charge in [0, 0.05) is 18.1 Å². The molecule has 0 saturated carbocycles. The maximum absolute atomic E-state index is 12.9. The summed E-state index contributed by atoms with van der Waals surface area (Å²) in [5, 5.41) is 29.4. The molecule has 2 aromatic rings. The molecule has 0 fully saturated rings. The fourth-order valence-electron chi connectivity index (χ4n) is 3.37. The van der Waals surface area contributed by atoms with Gasteiger partial charge in [-0.2, -0.15) is 0 Å². The van der Waals surface area contributed by atoms with Gasteiger partial charge in [0.15, 0.2) is 17.3 Å². The summed E-state index contributed by atoms with van der Waals surface area (Å²) in [6.45, 7) is 3.32. The summed E-state index contributed by atoms with van der Waals surface area (Å²) in [5.74, 6) is 0.370. The second-order valence-corrected chi connectivity index (χ2v) is 7.41. The van der Waals surface area contributed by atoms with Crippen molar-refractivity contribution in [1.82, 2.24) is 0 Å². The maximum atomic E-state index is 12.9. The Hall–Kier alpha value is -3.19. The molecule has 2 aliphatic rings. The normalized spacial score (nSPS) is 19.2. The van der Waals surface area contributed by atoms with Gasteiger partial charge in [-0.3, -0.25) is 4.79 Å². The number of Topliss-reactive ketones (excluding diaryl/α,β-unsaturated/α-hetero) is 1. The number of aliphatic hydroxyl groups is 1. The average Bonchev–Trinajstić information content (AvgIpc) is 3.19. The van der Waals surface area contributed by atoms with Crippen LogP contribution < -0.4 is 14.2 Å². The Balaban J connectivity index is 1.77. The zero-order valence-corrected chi connectivity index (χ0v) is 15.6. The molecule has 0 aliphatic carbocycles. The quantitative estimate of drug-likeness (QED) is 0.552. The van der Waals surface area contributed by atoms with E-state index >= 15 is 0 Å². The number of ether oxygens (including phenoxy) is 3. The van der Waals surface area contributed by atoms with Gasteiger partial charge in [0.05, 0.1) is 12.7 Å². The van der Waals surface area contributed by atoms with Gasteiger partial charge in [-0.15, -0.1) is 0 Å². The Kier molecular flexibility index (Phi) is 4.01. The zero-order valence-electron chi connectivity index (χ0n) is 15.6. The van der Waals surface area contributed by atoms with Crippen molar-refractivity contribution in [3.63, 3.8) is 0 Å². The number of fused-ring (bicyclic) bond motifs is 3. The molecule has 7 nitrogen and oxygen atoms in total. The number of carbonyl (C=O) groups excluding carboxylic acids is 1. The van der Waals surface area contributed by atoms with Crippen LogP contribution in [-0.2, 0) is 6.42 Å². The lowest BCUT2D eigenvalue weighted by Gasteiger charge is -2.24. The summed E-state index contributed by atoms with van der Waals surface area (Å²) >= 11 is 0. The predicted octanol–water partition coefficient (Wildman–Crippen LogP) is 2.80. The summed E-state index contributed by atoms with van der Waals surface area (Å²) in [5.41, 5.74) is 0.431. The van der Waals surface area contributed by atoms with E-state index in [2.05, 4.69) is 0 Å². The monoisotopic (exact) mass is 384 g/mol. The van der Waals surface area contributed by atoms with Crippen LogP contribution in [0.15, 0.2) is 30.0 Å². The van der Waals surface area contributed by atoms with E-state index in [-0.39, 0.29) is 23.0 Å². The van der Waals surface area contributed by atoms with Gasteiger partial charge in [0.1, 0.15) is 28.9 Å². The molecule has 0 amide bonds. The molecule has 28 heavy (non-hydrogen) atoms. The minimum atomic E-state index is -1.07. The lowest BCUT2D eigenvalue weighted by molar-refractivity contribution is -0.0230. The number of rotatable bonds is 3. The van der Waals surface area contributed by atoms with E-state index in [1.54, 1.807) is 26.0 Å². The molecule has 0 radical (unpaired) electrons. The number of benzene rings is 2. The third-order valence-corrected chi connectivity index (χ3v) is 4.93. The standard InChI is InChI=1S/C21H20O7/c1-21(2,25)17-8-11-14(27-17)9-15(26-3)18-19(24)16(28-20(11)18)7-10-4-5-12(22)13(23)6-10/h4-7,9,17,22-23,25H,8H2,1-3H3/b16-7-. The molecule has 2 aromatic carbocycles. The Bertz CT molecular complexity index is 1010. The van der Waals surface area contributed by atoms with E-state index in [0.717, 1.165) is 0 Å². The number of phenolic OH excluding ortho intramolecular Hbond substituents is 2. The third kappa shape index (κ3) is 2.84. The second kappa shape index (κ2) is 6.17. The number of phenols is 2. The molecule has 0 aromatic heterocycles. The number of aromatic hydroxyl groups is 2. The number of hydrogen-bond acceptors (Lipinski definition) is 7. The fourth-order valence-corrected chi connectivity index (χ4v) is 3.37. The van der Waals surface area contributed by atoms with Crippen molar-refractivity contribution < 1.29 is 34.3 Å². The molecule has 3 N–H and O–H groups in total. The van der Waals surface area contributed by atoms with E-state index in [0.29, 0.717) is 40.4 Å². The molecule has 1 atom stereocenters. The SMILES string of the molecule is COc1cc2c(c3c1C(=O)/C(=C/c1ccc(O)c(O)c1)O3)CC(C(C)(C)O)O2. The van der Waals surface area contributed by atoms with E-state index < -0.39 is 11.7 Å². The average molecular weight is 384 g/mol.